The molecular weight excluding hydrogens is 408 g/mol. The average Bonchev–Trinajstić information content (AvgIpc) is 2.98. The molecule has 2 aromatic rings. The van der Waals surface area contributed by atoms with Crippen molar-refractivity contribution in [1.29, 1.82) is 0 Å². The van der Waals surface area contributed by atoms with E-state index in [2.05, 4.69) is 32.6 Å². The van der Waals surface area contributed by atoms with E-state index in [-0.39, 0.29) is 12.3 Å². The molecule has 0 aliphatic carbocycles. The second-order valence-electron chi connectivity index (χ2n) is 5.96. The SMILES string of the molecule is C=NC/C(=C\CN(C)C)C(=O)c1cc2cc(OCC(F)F)c(Br)cc2[nH]1. The number of hydrogen-bond acceptors (Lipinski definition) is 4. The quantitative estimate of drug-likeness (QED) is 0.374. The lowest BCUT2D eigenvalue weighted by atomic mass is 10.1. The molecule has 1 N–H and O–H groups in total. The maximum Gasteiger partial charge on any atom is 0.272 e. The van der Waals surface area contributed by atoms with Gasteiger partial charge in [-0.15, -0.1) is 0 Å². The molecule has 1 heterocycles. The van der Waals surface area contributed by atoms with Crippen LogP contribution in [0.25, 0.3) is 10.9 Å². The summed E-state index contributed by atoms with van der Waals surface area (Å²) in [5.41, 5.74) is 1.63. The Balaban J connectivity index is 2.32. The third-order valence-electron chi connectivity index (χ3n) is 3.56. The zero-order valence-electron chi connectivity index (χ0n) is 14.6. The highest BCUT2D eigenvalue weighted by molar-refractivity contribution is 9.10. The Hall–Kier alpha value is -2.06. The maximum atomic E-state index is 12.8. The van der Waals surface area contributed by atoms with E-state index in [0.29, 0.717) is 38.9 Å². The fraction of sp³-hybridized carbons (Fsp3) is 0.333. The summed E-state index contributed by atoms with van der Waals surface area (Å²) in [5, 5.41) is 0.694. The number of ether oxygens (including phenoxy) is 1. The Morgan fingerprint density at radius 1 is 1.42 bits per heavy atom. The van der Waals surface area contributed by atoms with E-state index in [1.807, 2.05) is 25.1 Å². The van der Waals surface area contributed by atoms with E-state index in [9.17, 15) is 13.6 Å². The molecule has 0 atom stereocenters. The van der Waals surface area contributed by atoms with E-state index < -0.39 is 13.0 Å². The fourth-order valence-corrected chi connectivity index (χ4v) is 2.79. The molecule has 2 rings (SSSR count). The largest absolute Gasteiger partial charge is 0.486 e. The molecule has 0 aliphatic rings. The Morgan fingerprint density at radius 3 is 2.77 bits per heavy atom. The summed E-state index contributed by atoms with van der Waals surface area (Å²) >= 11 is 3.29. The highest BCUT2D eigenvalue weighted by Crippen LogP contribution is 2.31. The van der Waals surface area contributed by atoms with E-state index in [1.54, 1.807) is 18.2 Å². The van der Waals surface area contributed by atoms with Crippen LogP contribution in [0.3, 0.4) is 0 Å². The summed E-state index contributed by atoms with van der Waals surface area (Å²) in [6.07, 6.45) is -0.743. The lowest BCUT2D eigenvalue weighted by Gasteiger charge is -2.07. The van der Waals surface area contributed by atoms with Gasteiger partial charge in [0, 0.05) is 23.0 Å². The van der Waals surface area contributed by atoms with Gasteiger partial charge in [0.15, 0.2) is 0 Å². The van der Waals surface area contributed by atoms with E-state index >= 15 is 0 Å². The van der Waals surface area contributed by atoms with Crippen LogP contribution in [0.4, 0.5) is 8.78 Å². The molecular formula is C18H20BrF2N3O2. The predicted octanol–water partition coefficient (Wildman–Crippen LogP) is 3.95. The number of H-pyrrole nitrogens is 1. The van der Waals surface area contributed by atoms with Gasteiger partial charge in [0.25, 0.3) is 6.43 Å². The van der Waals surface area contributed by atoms with E-state index in [4.69, 9.17) is 4.74 Å². The topological polar surface area (TPSA) is 57.7 Å². The molecule has 0 bridgehead atoms. The molecule has 1 aromatic carbocycles. The molecule has 140 valence electrons. The van der Waals surface area contributed by atoms with Crippen molar-refractivity contribution in [2.24, 2.45) is 4.99 Å². The molecule has 0 amide bonds. The number of ketones is 1. The normalized spacial score (nSPS) is 12.2. The molecule has 0 saturated carbocycles. The molecule has 0 spiro atoms. The Bertz CT molecular complexity index is 831. The summed E-state index contributed by atoms with van der Waals surface area (Å²) in [7, 11) is 3.81. The second kappa shape index (κ2) is 9.05. The van der Waals surface area contributed by atoms with Gasteiger partial charge in [0.1, 0.15) is 12.4 Å². The smallest absolute Gasteiger partial charge is 0.272 e. The monoisotopic (exact) mass is 427 g/mol. The fourth-order valence-electron chi connectivity index (χ4n) is 2.33. The summed E-state index contributed by atoms with van der Waals surface area (Å²) in [6, 6.07) is 4.98. The van der Waals surface area contributed by atoms with Crippen LogP contribution in [0.2, 0.25) is 0 Å². The number of nitrogens with zero attached hydrogens (tertiary/aromatic N) is 2. The van der Waals surface area contributed by atoms with Gasteiger partial charge >= 0.3 is 0 Å². The van der Waals surface area contributed by atoms with Crippen molar-refractivity contribution in [3.8, 4) is 5.75 Å². The zero-order valence-corrected chi connectivity index (χ0v) is 16.1. The van der Waals surface area contributed by atoms with E-state index in [1.165, 1.54) is 0 Å². The number of hydrogen-bond donors (Lipinski definition) is 1. The minimum Gasteiger partial charge on any atom is -0.486 e. The number of halogens is 3. The standard InChI is InChI=1S/C18H20BrF2N3O2/c1-22-9-11(4-5-24(2)3)18(25)15-6-12-7-16(26-10-17(20)21)13(19)8-14(12)23-15/h4,6-8,17,23H,1,5,9-10H2,2-3H3/b11-4+. The van der Waals surface area contributed by atoms with Crippen molar-refractivity contribution in [3.63, 3.8) is 0 Å². The Kier molecular flexibility index (Phi) is 7.05. The number of benzene rings is 1. The third-order valence-corrected chi connectivity index (χ3v) is 4.18. The molecule has 0 saturated heterocycles. The molecule has 26 heavy (non-hydrogen) atoms. The lowest BCUT2D eigenvalue weighted by Crippen LogP contribution is -2.14. The predicted molar refractivity (Wildman–Crippen MR) is 103 cm³/mol. The minimum atomic E-state index is -2.56. The number of carbonyl (C=O) groups excluding carboxylic acids is 1. The van der Waals surface area contributed by atoms with Gasteiger partial charge in [-0.2, -0.15) is 0 Å². The highest BCUT2D eigenvalue weighted by Gasteiger charge is 2.16. The second-order valence-corrected chi connectivity index (χ2v) is 6.81. The molecule has 0 fully saturated rings. The number of carbonyl (C=O) groups is 1. The van der Waals surface area contributed by atoms with Crippen LogP contribution in [0.1, 0.15) is 10.5 Å². The maximum absolute atomic E-state index is 12.8. The Labute approximate surface area is 158 Å². The summed E-state index contributed by atoms with van der Waals surface area (Å²) in [6.45, 7) is 3.58. The van der Waals surface area contributed by atoms with Crippen molar-refractivity contribution in [2.75, 3.05) is 33.8 Å². The summed E-state index contributed by atoms with van der Waals surface area (Å²) in [5.74, 6) is 0.119. The third kappa shape index (κ3) is 5.22. The van der Waals surface area contributed by atoms with Gasteiger partial charge in [-0.25, -0.2) is 8.78 Å². The average molecular weight is 428 g/mol. The van der Waals surface area contributed by atoms with Crippen molar-refractivity contribution >= 4 is 39.3 Å². The van der Waals surface area contributed by atoms with Gasteiger partial charge in [0.2, 0.25) is 5.78 Å². The lowest BCUT2D eigenvalue weighted by molar-refractivity contribution is 0.0816. The van der Waals surface area contributed by atoms with Gasteiger partial charge in [-0.05, 0) is 54.9 Å². The van der Waals surface area contributed by atoms with Gasteiger partial charge < -0.3 is 14.6 Å². The van der Waals surface area contributed by atoms with Gasteiger partial charge in [-0.1, -0.05) is 6.08 Å². The number of rotatable bonds is 9. The number of aliphatic imine (C=N–C) groups is 1. The van der Waals surface area contributed by atoms with Crippen molar-refractivity contribution < 1.29 is 18.3 Å². The first-order valence-electron chi connectivity index (χ1n) is 7.86. The number of fused-ring (bicyclic) bond motifs is 1. The number of aromatic amines is 1. The van der Waals surface area contributed by atoms with Crippen molar-refractivity contribution in [1.82, 2.24) is 9.88 Å². The van der Waals surface area contributed by atoms with Crippen molar-refractivity contribution in [2.45, 2.75) is 6.43 Å². The highest BCUT2D eigenvalue weighted by atomic mass is 79.9. The number of alkyl halides is 2. The molecule has 0 aliphatic heterocycles. The van der Waals surface area contributed by atoms with E-state index in [0.717, 1.165) is 0 Å². The molecule has 1 aromatic heterocycles. The van der Waals surface area contributed by atoms with Crippen LogP contribution < -0.4 is 4.74 Å². The summed E-state index contributed by atoms with van der Waals surface area (Å²) in [4.78, 5) is 21.6. The molecule has 8 heteroatoms. The van der Waals surface area contributed by atoms with Crippen LogP contribution in [0.5, 0.6) is 5.75 Å². The first-order valence-corrected chi connectivity index (χ1v) is 8.65. The number of Topliss-reactive ketones (excluding diaryl/α,β-unsaturated/α-hetero) is 1. The minimum absolute atomic E-state index is 0.179. The molecule has 5 nitrogen and oxygen atoms in total. The number of nitrogens with one attached hydrogen (secondary N) is 1. The summed E-state index contributed by atoms with van der Waals surface area (Å²) < 4.78 is 30.3. The molecule has 0 radical (unpaired) electrons. The van der Waals surface area contributed by atoms with Crippen molar-refractivity contribution in [3.05, 3.63) is 40.0 Å². The first-order chi connectivity index (χ1) is 12.3. The number of likely N-dealkylation sites (N-methyl/N-ethyl adjacent to an activating group) is 1. The number of aromatic nitrogens is 1. The van der Waals surface area contributed by atoms with Crippen LogP contribution >= 0.6 is 15.9 Å². The molecule has 0 unspecified atom stereocenters. The van der Waals surface area contributed by atoms with Gasteiger partial charge in [0.05, 0.1) is 16.7 Å². The van der Waals surface area contributed by atoms with Crippen LogP contribution in [-0.2, 0) is 0 Å². The zero-order chi connectivity index (χ0) is 19.3. The van der Waals surface area contributed by atoms with Crippen LogP contribution in [0, 0.1) is 0 Å². The van der Waals surface area contributed by atoms with Crippen LogP contribution in [0.15, 0.2) is 39.3 Å². The van der Waals surface area contributed by atoms with Crippen LogP contribution in [-0.4, -0.2) is 62.6 Å². The van der Waals surface area contributed by atoms with Gasteiger partial charge in [-0.3, -0.25) is 9.79 Å². The Morgan fingerprint density at radius 2 is 2.15 bits per heavy atom. The first kappa shape index (κ1) is 20.3.